The van der Waals surface area contributed by atoms with Gasteiger partial charge in [-0.15, -0.1) is 0 Å². The Bertz CT molecular complexity index is 796. The minimum atomic E-state index is 1.14. The number of aryl methyl sites for hydroxylation is 3. The second-order valence-corrected chi connectivity index (χ2v) is 8.37. The van der Waals surface area contributed by atoms with E-state index in [9.17, 15) is 0 Å². The molecule has 0 unspecified atom stereocenters. The molecule has 27 heavy (non-hydrogen) atoms. The van der Waals surface area contributed by atoms with Gasteiger partial charge in [0.25, 0.3) is 0 Å². The van der Waals surface area contributed by atoms with Gasteiger partial charge in [-0.05, 0) is 44.5 Å². The first kappa shape index (κ1) is 20.0. The van der Waals surface area contributed by atoms with Crippen molar-refractivity contribution in [3.63, 3.8) is 0 Å². The van der Waals surface area contributed by atoms with Crippen LogP contribution in [0.15, 0.2) is 36.4 Å². The van der Waals surface area contributed by atoms with Crippen LogP contribution in [-0.2, 0) is 6.54 Å². The molecule has 1 heteroatoms. The molecule has 0 aliphatic heterocycles. The first-order valence-corrected chi connectivity index (χ1v) is 11.2. The number of benzene rings is 2. The zero-order valence-electron chi connectivity index (χ0n) is 17.7. The maximum Gasteiger partial charge on any atom is 0.0491 e. The normalized spacial score (nSPS) is 11.7. The number of unbranched alkanes of at least 4 members (excludes halogenated alkanes) is 9. The van der Waals surface area contributed by atoms with Crippen LogP contribution in [0.2, 0.25) is 0 Å². The van der Waals surface area contributed by atoms with Crippen LogP contribution in [0.3, 0.4) is 0 Å². The minimum absolute atomic E-state index is 1.14. The molecule has 0 fully saturated rings. The summed E-state index contributed by atoms with van der Waals surface area (Å²) >= 11 is 0. The average Bonchev–Trinajstić information content (AvgIpc) is 2.95. The van der Waals surface area contributed by atoms with E-state index in [1.54, 1.807) is 0 Å². The van der Waals surface area contributed by atoms with Crippen molar-refractivity contribution in [2.75, 3.05) is 0 Å². The van der Waals surface area contributed by atoms with Gasteiger partial charge in [0.2, 0.25) is 0 Å². The van der Waals surface area contributed by atoms with Crippen molar-refractivity contribution in [1.82, 2.24) is 4.57 Å². The lowest BCUT2D eigenvalue weighted by atomic mass is 10.1. The van der Waals surface area contributed by atoms with Gasteiger partial charge in [-0.2, -0.15) is 0 Å². The van der Waals surface area contributed by atoms with Gasteiger partial charge in [-0.25, -0.2) is 0 Å². The van der Waals surface area contributed by atoms with Gasteiger partial charge in [0.1, 0.15) is 0 Å². The van der Waals surface area contributed by atoms with Crippen LogP contribution in [-0.4, -0.2) is 4.57 Å². The summed E-state index contributed by atoms with van der Waals surface area (Å²) in [5, 5.41) is 2.83. The van der Waals surface area contributed by atoms with Crippen molar-refractivity contribution in [2.24, 2.45) is 0 Å². The van der Waals surface area contributed by atoms with Gasteiger partial charge < -0.3 is 4.57 Å². The topological polar surface area (TPSA) is 4.93 Å². The van der Waals surface area contributed by atoms with Crippen molar-refractivity contribution < 1.29 is 0 Å². The summed E-state index contributed by atoms with van der Waals surface area (Å²) in [6.45, 7) is 7.82. The van der Waals surface area contributed by atoms with Crippen molar-refractivity contribution in [2.45, 2.75) is 91.5 Å². The third-order valence-corrected chi connectivity index (χ3v) is 5.91. The SMILES string of the molecule is CCCCCCCCCCCCn1c2ccc(C)cc2c2cc(C)ccc21. The molecule has 0 aliphatic carbocycles. The Balaban J connectivity index is 1.55. The fraction of sp³-hybridized carbons (Fsp3) is 0.538. The van der Waals surface area contributed by atoms with Gasteiger partial charge in [-0.3, -0.25) is 0 Å². The van der Waals surface area contributed by atoms with Gasteiger partial charge in [-0.1, -0.05) is 88.0 Å². The lowest BCUT2D eigenvalue weighted by Gasteiger charge is -2.08. The van der Waals surface area contributed by atoms with Gasteiger partial charge >= 0.3 is 0 Å². The maximum atomic E-state index is 2.55. The zero-order chi connectivity index (χ0) is 19.1. The van der Waals surface area contributed by atoms with Gasteiger partial charge in [0, 0.05) is 28.4 Å². The Labute approximate surface area is 165 Å². The molecule has 0 spiro atoms. The lowest BCUT2D eigenvalue weighted by Crippen LogP contribution is -1.97. The summed E-state index contributed by atoms with van der Waals surface area (Å²) in [6, 6.07) is 13.8. The number of hydrogen-bond donors (Lipinski definition) is 0. The van der Waals surface area contributed by atoms with Crippen LogP contribution in [0.5, 0.6) is 0 Å². The van der Waals surface area contributed by atoms with Gasteiger partial charge in [0.05, 0.1) is 0 Å². The predicted octanol–water partition coefficient (Wildman–Crippen LogP) is 8.33. The van der Waals surface area contributed by atoms with Crippen LogP contribution in [0, 0.1) is 13.8 Å². The van der Waals surface area contributed by atoms with E-state index in [2.05, 4.69) is 61.7 Å². The Kier molecular flexibility index (Phi) is 7.38. The molecule has 0 amide bonds. The van der Waals surface area contributed by atoms with Crippen LogP contribution >= 0.6 is 0 Å². The highest BCUT2D eigenvalue weighted by Gasteiger charge is 2.10. The van der Waals surface area contributed by atoms with E-state index < -0.39 is 0 Å². The Morgan fingerprint density at radius 3 is 1.52 bits per heavy atom. The molecule has 1 nitrogen and oxygen atoms in total. The monoisotopic (exact) mass is 363 g/mol. The van der Waals surface area contributed by atoms with E-state index in [1.807, 2.05) is 0 Å². The molecule has 0 saturated heterocycles. The standard InChI is InChI=1S/C26H37N/c1-4-5-6-7-8-9-10-11-12-13-18-27-25-16-14-21(2)19-23(25)24-20-22(3)15-17-26(24)27/h14-17,19-20H,4-13,18H2,1-3H3. The summed E-state index contributed by atoms with van der Waals surface area (Å²) in [7, 11) is 0. The smallest absolute Gasteiger partial charge is 0.0491 e. The van der Waals surface area contributed by atoms with E-state index in [1.165, 1.54) is 97.1 Å². The van der Waals surface area contributed by atoms with E-state index in [0.717, 1.165) is 6.54 Å². The molecular weight excluding hydrogens is 326 g/mol. The van der Waals surface area contributed by atoms with Crippen LogP contribution in [0.4, 0.5) is 0 Å². The molecule has 1 heterocycles. The van der Waals surface area contributed by atoms with E-state index in [0.29, 0.717) is 0 Å². The Morgan fingerprint density at radius 1 is 0.593 bits per heavy atom. The molecule has 0 radical (unpaired) electrons. The van der Waals surface area contributed by atoms with Crippen molar-refractivity contribution in [3.05, 3.63) is 47.5 Å². The number of aromatic nitrogens is 1. The Morgan fingerprint density at radius 2 is 1.04 bits per heavy atom. The summed E-state index contributed by atoms with van der Waals surface area (Å²) in [4.78, 5) is 0. The minimum Gasteiger partial charge on any atom is -0.340 e. The number of fused-ring (bicyclic) bond motifs is 3. The van der Waals surface area contributed by atoms with Crippen LogP contribution in [0.25, 0.3) is 21.8 Å². The van der Waals surface area contributed by atoms with E-state index in [4.69, 9.17) is 0 Å². The quantitative estimate of drug-likeness (QED) is 0.302. The van der Waals surface area contributed by atoms with E-state index >= 15 is 0 Å². The molecule has 146 valence electrons. The molecule has 2 aromatic carbocycles. The van der Waals surface area contributed by atoms with Crippen molar-refractivity contribution in [1.29, 1.82) is 0 Å². The summed E-state index contributed by atoms with van der Waals surface area (Å²) < 4.78 is 2.55. The molecule has 0 N–H and O–H groups in total. The highest BCUT2D eigenvalue weighted by Crippen LogP contribution is 2.31. The van der Waals surface area contributed by atoms with Crippen molar-refractivity contribution in [3.8, 4) is 0 Å². The fourth-order valence-corrected chi connectivity index (χ4v) is 4.33. The van der Waals surface area contributed by atoms with Gasteiger partial charge in [0.15, 0.2) is 0 Å². The average molecular weight is 364 g/mol. The third-order valence-electron chi connectivity index (χ3n) is 5.91. The van der Waals surface area contributed by atoms with E-state index in [-0.39, 0.29) is 0 Å². The molecular formula is C26H37N. The molecule has 0 saturated carbocycles. The van der Waals surface area contributed by atoms with Crippen LogP contribution < -0.4 is 0 Å². The molecule has 0 atom stereocenters. The molecule has 1 aromatic heterocycles. The summed E-state index contributed by atoms with van der Waals surface area (Å²) in [5.74, 6) is 0. The second kappa shape index (κ2) is 9.97. The molecule has 0 bridgehead atoms. The number of nitrogens with zero attached hydrogens (tertiary/aromatic N) is 1. The number of rotatable bonds is 11. The fourth-order valence-electron chi connectivity index (χ4n) is 4.33. The first-order chi connectivity index (χ1) is 13.2. The summed E-state index contributed by atoms with van der Waals surface area (Å²) in [6.07, 6.45) is 13.9. The summed E-state index contributed by atoms with van der Waals surface area (Å²) in [5.41, 5.74) is 5.50. The third kappa shape index (κ3) is 5.15. The number of hydrogen-bond acceptors (Lipinski definition) is 0. The first-order valence-electron chi connectivity index (χ1n) is 11.2. The maximum absolute atomic E-state index is 2.55. The molecule has 0 aliphatic rings. The zero-order valence-corrected chi connectivity index (χ0v) is 17.7. The molecule has 3 rings (SSSR count). The second-order valence-electron chi connectivity index (χ2n) is 8.37. The largest absolute Gasteiger partial charge is 0.340 e. The highest BCUT2D eigenvalue weighted by molar-refractivity contribution is 6.08. The molecule has 3 aromatic rings. The van der Waals surface area contributed by atoms with Crippen molar-refractivity contribution >= 4 is 21.8 Å². The highest BCUT2D eigenvalue weighted by atomic mass is 15.0. The Hall–Kier alpha value is -1.76. The lowest BCUT2D eigenvalue weighted by molar-refractivity contribution is 0.541. The van der Waals surface area contributed by atoms with Crippen LogP contribution in [0.1, 0.15) is 82.3 Å². The predicted molar refractivity (Wildman–Crippen MR) is 121 cm³/mol.